The number of amides is 2. The van der Waals surface area contributed by atoms with E-state index in [0.29, 0.717) is 5.56 Å². The fourth-order valence-electron chi connectivity index (χ4n) is 2.87. The second-order valence-corrected chi connectivity index (χ2v) is 7.46. The van der Waals surface area contributed by atoms with Gasteiger partial charge < -0.3 is 15.4 Å². The monoisotopic (exact) mass is 479 g/mol. The molecule has 7 heteroatoms. The predicted molar refractivity (Wildman–Crippen MR) is 113 cm³/mol. The number of nitrogens with one attached hydrogen (secondary N) is 2. The minimum absolute atomic E-state index is 0.0719. The lowest BCUT2D eigenvalue weighted by atomic mass is 10.2. The molecule has 0 unspecified atom stereocenters. The van der Waals surface area contributed by atoms with Crippen LogP contribution >= 0.6 is 22.6 Å². The SMILES string of the molecule is O=C(CNC(=O)c1ccccc1I)Nc1cccc(CN2CCOCC2)c1. The summed E-state index contributed by atoms with van der Waals surface area (Å²) in [6.07, 6.45) is 0. The van der Waals surface area contributed by atoms with Crippen molar-refractivity contribution < 1.29 is 14.3 Å². The molecule has 0 radical (unpaired) electrons. The molecule has 142 valence electrons. The average Bonchev–Trinajstić information content (AvgIpc) is 2.67. The molecule has 0 atom stereocenters. The predicted octanol–water partition coefficient (Wildman–Crippen LogP) is 2.49. The van der Waals surface area contributed by atoms with E-state index in [1.807, 2.05) is 36.4 Å². The molecule has 3 rings (SSSR count). The Balaban J connectivity index is 1.51. The maximum Gasteiger partial charge on any atom is 0.252 e. The Labute approximate surface area is 172 Å². The number of carbonyl (C=O) groups excluding carboxylic acids is 2. The third-order valence-corrected chi connectivity index (χ3v) is 5.19. The molecule has 0 spiro atoms. The number of rotatable bonds is 6. The zero-order chi connectivity index (χ0) is 19.1. The summed E-state index contributed by atoms with van der Waals surface area (Å²) in [6.45, 7) is 4.11. The Morgan fingerprint density at radius 2 is 1.85 bits per heavy atom. The first-order valence-corrected chi connectivity index (χ1v) is 9.91. The van der Waals surface area contributed by atoms with Crippen molar-refractivity contribution in [1.82, 2.24) is 10.2 Å². The Morgan fingerprint density at radius 3 is 2.63 bits per heavy atom. The van der Waals surface area contributed by atoms with Gasteiger partial charge in [-0.05, 0) is 52.4 Å². The molecule has 6 nitrogen and oxygen atoms in total. The van der Waals surface area contributed by atoms with Crippen LogP contribution in [-0.2, 0) is 16.1 Å². The summed E-state index contributed by atoms with van der Waals surface area (Å²) in [4.78, 5) is 26.7. The van der Waals surface area contributed by atoms with Crippen molar-refractivity contribution in [3.05, 3.63) is 63.2 Å². The van der Waals surface area contributed by atoms with Crippen molar-refractivity contribution in [3.8, 4) is 0 Å². The lowest BCUT2D eigenvalue weighted by Gasteiger charge is -2.26. The second-order valence-electron chi connectivity index (χ2n) is 6.30. The molecular formula is C20H22IN3O3. The van der Waals surface area contributed by atoms with Crippen LogP contribution in [0.3, 0.4) is 0 Å². The van der Waals surface area contributed by atoms with E-state index in [-0.39, 0.29) is 18.4 Å². The van der Waals surface area contributed by atoms with E-state index in [0.717, 1.165) is 47.7 Å². The largest absolute Gasteiger partial charge is 0.379 e. The highest BCUT2D eigenvalue weighted by molar-refractivity contribution is 14.1. The molecule has 1 saturated heterocycles. The Hall–Kier alpha value is -1.97. The van der Waals surface area contributed by atoms with Gasteiger partial charge >= 0.3 is 0 Å². The van der Waals surface area contributed by atoms with Crippen LogP contribution in [0.1, 0.15) is 15.9 Å². The number of ether oxygens (including phenoxy) is 1. The maximum absolute atomic E-state index is 12.2. The van der Waals surface area contributed by atoms with Crippen molar-refractivity contribution in [2.24, 2.45) is 0 Å². The highest BCUT2D eigenvalue weighted by Crippen LogP contribution is 2.14. The molecule has 1 aliphatic heterocycles. The van der Waals surface area contributed by atoms with Gasteiger partial charge in [-0.15, -0.1) is 0 Å². The van der Waals surface area contributed by atoms with Crippen LogP contribution in [0, 0.1) is 3.57 Å². The molecule has 0 saturated carbocycles. The first-order chi connectivity index (χ1) is 13.1. The van der Waals surface area contributed by atoms with E-state index < -0.39 is 0 Å². The van der Waals surface area contributed by atoms with Gasteiger partial charge in [0.05, 0.1) is 25.3 Å². The van der Waals surface area contributed by atoms with Gasteiger partial charge in [0, 0.05) is 28.9 Å². The summed E-state index contributed by atoms with van der Waals surface area (Å²) in [5, 5.41) is 5.50. The van der Waals surface area contributed by atoms with Crippen LogP contribution in [0.25, 0.3) is 0 Å². The first kappa shape index (κ1) is 19.8. The lowest BCUT2D eigenvalue weighted by molar-refractivity contribution is -0.115. The minimum atomic E-state index is -0.254. The molecule has 2 aromatic carbocycles. The summed E-state index contributed by atoms with van der Waals surface area (Å²) >= 11 is 2.10. The summed E-state index contributed by atoms with van der Waals surface area (Å²) in [5.74, 6) is -0.506. The fraction of sp³-hybridized carbons (Fsp3) is 0.300. The van der Waals surface area contributed by atoms with Gasteiger partial charge in [0.25, 0.3) is 5.91 Å². The van der Waals surface area contributed by atoms with E-state index >= 15 is 0 Å². The van der Waals surface area contributed by atoms with Gasteiger partial charge in [-0.25, -0.2) is 0 Å². The summed E-state index contributed by atoms with van der Waals surface area (Å²) in [7, 11) is 0. The van der Waals surface area contributed by atoms with E-state index in [1.165, 1.54) is 0 Å². The minimum Gasteiger partial charge on any atom is -0.379 e. The smallest absolute Gasteiger partial charge is 0.252 e. The van der Waals surface area contributed by atoms with Crippen molar-refractivity contribution in [2.75, 3.05) is 38.2 Å². The van der Waals surface area contributed by atoms with Crippen molar-refractivity contribution in [1.29, 1.82) is 0 Å². The molecule has 0 aromatic heterocycles. The first-order valence-electron chi connectivity index (χ1n) is 8.83. The molecule has 27 heavy (non-hydrogen) atoms. The Bertz CT molecular complexity index is 807. The average molecular weight is 479 g/mol. The van der Waals surface area contributed by atoms with Crippen LogP contribution < -0.4 is 10.6 Å². The highest BCUT2D eigenvalue weighted by atomic mass is 127. The highest BCUT2D eigenvalue weighted by Gasteiger charge is 2.12. The molecule has 1 heterocycles. The number of nitrogens with zero attached hydrogens (tertiary/aromatic N) is 1. The van der Waals surface area contributed by atoms with Crippen LogP contribution in [-0.4, -0.2) is 49.6 Å². The molecule has 1 aliphatic rings. The number of benzene rings is 2. The Morgan fingerprint density at radius 1 is 1.07 bits per heavy atom. The van der Waals surface area contributed by atoms with Crippen molar-refractivity contribution in [3.63, 3.8) is 0 Å². The van der Waals surface area contributed by atoms with E-state index in [9.17, 15) is 9.59 Å². The van der Waals surface area contributed by atoms with Crippen LogP contribution in [0.4, 0.5) is 5.69 Å². The zero-order valence-electron chi connectivity index (χ0n) is 14.9. The number of hydrogen-bond acceptors (Lipinski definition) is 4. The number of carbonyl (C=O) groups is 2. The van der Waals surface area contributed by atoms with Gasteiger partial charge in [-0.3, -0.25) is 14.5 Å². The van der Waals surface area contributed by atoms with Gasteiger partial charge in [-0.2, -0.15) is 0 Å². The number of anilines is 1. The normalized spacial score (nSPS) is 14.6. The number of morpholine rings is 1. The summed E-state index contributed by atoms with van der Waals surface area (Å²) in [5.41, 5.74) is 2.44. The van der Waals surface area contributed by atoms with Gasteiger partial charge in [-0.1, -0.05) is 24.3 Å². The maximum atomic E-state index is 12.2. The molecule has 0 aliphatic carbocycles. The van der Waals surface area contributed by atoms with Crippen LogP contribution in [0.15, 0.2) is 48.5 Å². The van der Waals surface area contributed by atoms with Crippen LogP contribution in [0.5, 0.6) is 0 Å². The van der Waals surface area contributed by atoms with E-state index in [1.54, 1.807) is 12.1 Å². The third kappa shape index (κ3) is 6.02. The lowest BCUT2D eigenvalue weighted by Crippen LogP contribution is -2.35. The van der Waals surface area contributed by atoms with Gasteiger partial charge in [0.15, 0.2) is 0 Å². The van der Waals surface area contributed by atoms with Crippen molar-refractivity contribution in [2.45, 2.75) is 6.54 Å². The molecule has 2 N–H and O–H groups in total. The number of halogens is 1. The zero-order valence-corrected chi connectivity index (χ0v) is 17.1. The molecule has 1 fully saturated rings. The van der Waals surface area contributed by atoms with Crippen LogP contribution in [0.2, 0.25) is 0 Å². The quantitative estimate of drug-likeness (QED) is 0.625. The van der Waals surface area contributed by atoms with E-state index in [2.05, 4.69) is 38.1 Å². The molecule has 0 bridgehead atoms. The molecular weight excluding hydrogens is 457 g/mol. The fourth-order valence-corrected chi connectivity index (χ4v) is 3.50. The van der Waals surface area contributed by atoms with Gasteiger partial charge in [0.2, 0.25) is 5.91 Å². The van der Waals surface area contributed by atoms with E-state index in [4.69, 9.17) is 4.74 Å². The van der Waals surface area contributed by atoms with Gasteiger partial charge in [0.1, 0.15) is 0 Å². The summed E-state index contributed by atoms with van der Waals surface area (Å²) in [6, 6.07) is 15.1. The van der Waals surface area contributed by atoms with Crippen molar-refractivity contribution >= 4 is 40.1 Å². The number of hydrogen-bond donors (Lipinski definition) is 2. The molecule has 2 amide bonds. The second kappa shape index (κ2) is 9.82. The summed E-state index contributed by atoms with van der Waals surface area (Å²) < 4.78 is 6.22. The standard InChI is InChI=1S/C20H22IN3O3/c21-18-7-2-1-6-17(18)20(26)22-13-19(25)23-16-5-3-4-15(12-16)14-24-8-10-27-11-9-24/h1-7,12H,8-11,13-14H2,(H,22,26)(H,23,25). The molecule has 2 aromatic rings. The third-order valence-electron chi connectivity index (χ3n) is 4.25. The Kier molecular flexibility index (Phi) is 7.19. The topological polar surface area (TPSA) is 70.7 Å².